The highest BCUT2D eigenvalue weighted by molar-refractivity contribution is 5.88. The molecule has 1 atom stereocenters. The quantitative estimate of drug-likeness (QED) is 0.713. The van der Waals surface area contributed by atoms with E-state index in [1.807, 2.05) is 30.3 Å². The van der Waals surface area contributed by atoms with Crippen molar-refractivity contribution in [3.05, 3.63) is 35.9 Å². The van der Waals surface area contributed by atoms with Gasteiger partial charge in [-0.05, 0) is 24.8 Å². The second-order valence-electron chi connectivity index (χ2n) is 4.21. The van der Waals surface area contributed by atoms with Gasteiger partial charge in [0.2, 0.25) is 0 Å². The van der Waals surface area contributed by atoms with Crippen molar-refractivity contribution >= 4 is 5.78 Å². The van der Waals surface area contributed by atoms with Crippen LogP contribution in [-0.2, 0) is 10.4 Å². The number of aliphatic hydroxyl groups is 1. The van der Waals surface area contributed by atoms with Crippen LogP contribution in [0.25, 0.3) is 0 Å². The molecule has 0 aliphatic heterocycles. The number of hydrogen-bond acceptors (Lipinski definition) is 2. The Labute approximate surface area is 89.9 Å². The van der Waals surface area contributed by atoms with Gasteiger partial charge in [-0.1, -0.05) is 36.8 Å². The average Bonchev–Trinajstić information content (AvgIpc) is 2.44. The van der Waals surface area contributed by atoms with Gasteiger partial charge in [-0.2, -0.15) is 0 Å². The summed E-state index contributed by atoms with van der Waals surface area (Å²) in [4.78, 5) is 11.9. The van der Waals surface area contributed by atoms with Crippen LogP contribution in [0.1, 0.15) is 37.7 Å². The van der Waals surface area contributed by atoms with Gasteiger partial charge in [0.15, 0.2) is 5.78 Å². The van der Waals surface area contributed by atoms with Crippen LogP contribution in [0.15, 0.2) is 30.3 Å². The molecule has 1 aliphatic rings. The summed E-state index contributed by atoms with van der Waals surface area (Å²) in [6.07, 6.45) is 3.95. The Hall–Kier alpha value is -1.15. The summed E-state index contributed by atoms with van der Waals surface area (Å²) in [5, 5.41) is 10.4. The molecule has 1 aromatic carbocycles. The molecule has 0 bridgehead atoms. The Bertz CT molecular complexity index is 345. The lowest BCUT2D eigenvalue weighted by molar-refractivity contribution is -0.138. The van der Waals surface area contributed by atoms with Crippen LogP contribution < -0.4 is 0 Å². The normalized spacial score (nSPS) is 27.4. The van der Waals surface area contributed by atoms with Gasteiger partial charge in [0.05, 0.1) is 0 Å². The summed E-state index contributed by atoms with van der Waals surface area (Å²) in [5.41, 5.74) is -0.477. The maximum absolute atomic E-state index is 11.9. The van der Waals surface area contributed by atoms with Gasteiger partial charge >= 0.3 is 0 Å². The molecule has 1 fully saturated rings. The molecule has 1 aliphatic carbocycles. The molecule has 2 nitrogen and oxygen atoms in total. The van der Waals surface area contributed by atoms with E-state index in [4.69, 9.17) is 0 Å². The van der Waals surface area contributed by atoms with E-state index in [0.29, 0.717) is 12.8 Å². The summed E-state index contributed by atoms with van der Waals surface area (Å²) >= 11 is 0. The van der Waals surface area contributed by atoms with Crippen LogP contribution in [0, 0.1) is 0 Å². The van der Waals surface area contributed by atoms with Gasteiger partial charge in [-0.3, -0.25) is 4.79 Å². The van der Waals surface area contributed by atoms with E-state index < -0.39 is 5.60 Å². The Balaban J connectivity index is 2.34. The fourth-order valence-electron chi connectivity index (χ4n) is 2.21. The maximum Gasteiger partial charge on any atom is 0.168 e. The third-order valence-corrected chi connectivity index (χ3v) is 3.16. The predicted octanol–water partition coefficient (Wildman–Crippen LogP) is 2.41. The molecule has 0 radical (unpaired) electrons. The van der Waals surface area contributed by atoms with E-state index in [-0.39, 0.29) is 5.78 Å². The van der Waals surface area contributed by atoms with Crippen LogP contribution in [0.3, 0.4) is 0 Å². The zero-order chi connectivity index (χ0) is 10.7. The number of Topliss-reactive ketones (excluding diaryl/α,β-unsaturated/α-hetero) is 1. The van der Waals surface area contributed by atoms with Crippen molar-refractivity contribution in [2.24, 2.45) is 0 Å². The molecular formula is C13H16O2. The number of ketones is 1. The van der Waals surface area contributed by atoms with Crippen LogP contribution in [-0.4, -0.2) is 10.9 Å². The van der Waals surface area contributed by atoms with Crippen LogP contribution in [0.4, 0.5) is 0 Å². The minimum Gasteiger partial charge on any atom is -0.377 e. The van der Waals surface area contributed by atoms with Crippen molar-refractivity contribution < 1.29 is 9.90 Å². The Morgan fingerprint density at radius 2 is 1.80 bits per heavy atom. The maximum atomic E-state index is 11.9. The molecule has 1 saturated carbocycles. The summed E-state index contributed by atoms with van der Waals surface area (Å²) in [7, 11) is 0. The highest BCUT2D eigenvalue weighted by Crippen LogP contribution is 2.32. The highest BCUT2D eigenvalue weighted by Gasteiger charge is 2.37. The molecule has 2 heteroatoms. The first kappa shape index (κ1) is 10.4. The number of rotatable bonds is 1. The zero-order valence-electron chi connectivity index (χ0n) is 8.78. The molecule has 0 spiro atoms. The predicted molar refractivity (Wildman–Crippen MR) is 58.4 cm³/mol. The highest BCUT2D eigenvalue weighted by atomic mass is 16.3. The summed E-state index contributed by atoms with van der Waals surface area (Å²) in [5.74, 6) is -0.0220. The Morgan fingerprint density at radius 1 is 1.07 bits per heavy atom. The molecule has 15 heavy (non-hydrogen) atoms. The minimum atomic E-state index is -1.22. The zero-order valence-corrected chi connectivity index (χ0v) is 8.78. The van der Waals surface area contributed by atoms with Gasteiger partial charge in [0.1, 0.15) is 5.60 Å². The monoisotopic (exact) mass is 204 g/mol. The fraction of sp³-hybridized carbons (Fsp3) is 0.462. The lowest BCUT2D eigenvalue weighted by Gasteiger charge is -2.25. The lowest BCUT2D eigenvalue weighted by Crippen LogP contribution is -2.34. The molecule has 1 N–H and O–H groups in total. The molecule has 1 aromatic rings. The topological polar surface area (TPSA) is 37.3 Å². The van der Waals surface area contributed by atoms with E-state index in [9.17, 15) is 9.90 Å². The second kappa shape index (κ2) is 4.15. The number of carbonyl (C=O) groups is 1. The average molecular weight is 204 g/mol. The van der Waals surface area contributed by atoms with Crippen molar-refractivity contribution in [1.82, 2.24) is 0 Å². The molecule has 1 unspecified atom stereocenters. The van der Waals surface area contributed by atoms with E-state index in [0.717, 1.165) is 24.8 Å². The summed E-state index contributed by atoms with van der Waals surface area (Å²) in [6.45, 7) is 0. The van der Waals surface area contributed by atoms with Crippen LogP contribution >= 0.6 is 0 Å². The van der Waals surface area contributed by atoms with E-state index in [1.165, 1.54) is 0 Å². The molecule has 0 aromatic heterocycles. The largest absolute Gasteiger partial charge is 0.377 e. The van der Waals surface area contributed by atoms with Gasteiger partial charge < -0.3 is 5.11 Å². The van der Waals surface area contributed by atoms with Gasteiger partial charge in [0, 0.05) is 6.42 Å². The van der Waals surface area contributed by atoms with Crippen molar-refractivity contribution in [1.29, 1.82) is 0 Å². The van der Waals surface area contributed by atoms with Gasteiger partial charge in [-0.15, -0.1) is 0 Å². The first-order chi connectivity index (χ1) is 7.23. The number of hydrogen-bond donors (Lipinski definition) is 1. The SMILES string of the molecule is O=C1CCCCCC1(O)c1ccccc1. The van der Waals surface area contributed by atoms with E-state index in [1.54, 1.807) is 0 Å². The number of benzene rings is 1. The van der Waals surface area contributed by atoms with Crippen molar-refractivity contribution in [2.75, 3.05) is 0 Å². The van der Waals surface area contributed by atoms with Crippen molar-refractivity contribution in [2.45, 2.75) is 37.7 Å². The van der Waals surface area contributed by atoms with Crippen molar-refractivity contribution in [3.63, 3.8) is 0 Å². The molecule has 0 amide bonds. The van der Waals surface area contributed by atoms with E-state index >= 15 is 0 Å². The van der Waals surface area contributed by atoms with Crippen molar-refractivity contribution in [3.8, 4) is 0 Å². The first-order valence-corrected chi connectivity index (χ1v) is 5.55. The molecule has 0 heterocycles. The molecular weight excluding hydrogens is 188 g/mol. The van der Waals surface area contributed by atoms with Crippen LogP contribution in [0.2, 0.25) is 0 Å². The second-order valence-corrected chi connectivity index (χ2v) is 4.21. The van der Waals surface area contributed by atoms with Gasteiger partial charge in [0.25, 0.3) is 0 Å². The Kier molecular flexibility index (Phi) is 2.87. The third-order valence-electron chi connectivity index (χ3n) is 3.16. The summed E-state index contributed by atoms with van der Waals surface area (Å²) in [6, 6.07) is 9.30. The minimum absolute atomic E-state index is 0.0220. The molecule has 80 valence electrons. The smallest absolute Gasteiger partial charge is 0.168 e. The lowest BCUT2D eigenvalue weighted by atomic mass is 9.85. The van der Waals surface area contributed by atoms with E-state index in [2.05, 4.69) is 0 Å². The first-order valence-electron chi connectivity index (χ1n) is 5.55. The standard InChI is InChI=1S/C13H16O2/c14-12-9-5-2-6-10-13(12,15)11-7-3-1-4-8-11/h1,3-4,7-8,15H,2,5-6,9-10H2. The summed E-state index contributed by atoms with van der Waals surface area (Å²) < 4.78 is 0. The molecule has 0 saturated heterocycles. The number of carbonyl (C=O) groups excluding carboxylic acids is 1. The van der Waals surface area contributed by atoms with Crippen LogP contribution in [0.5, 0.6) is 0 Å². The molecule has 2 rings (SSSR count). The third kappa shape index (κ3) is 1.95. The fourth-order valence-corrected chi connectivity index (χ4v) is 2.21. The van der Waals surface area contributed by atoms with Gasteiger partial charge in [-0.25, -0.2) is 0 Å². The Morgan fingerprint density at radius 3 is 2.53 bits per heavy atom.